The molecule has 0 amide bonds. The van der Waals surface area contributed by atoms with Crippen molar-refractivity contribution in [2.45, 2.75) is 25.0 Å². The van der Waals surface area contributed by atoms with E-state index in [1.54, 1.807) is 6.07 Å². The topological polar surface area (TPSA) is 91.3 Å². The lowest BCUT2D eigenvalue weighted by Crippen LogP contribution is -3.00. The van der Waals surface area contributed by atoms with Gasteiger partial charge in [0, 0.05) is 5.88 Å². The Morgan fingerprint density at radius 1 is 1.00 bits per heavy atom. The van der Waals surface area contributed by atoms with Crippen molar-refractivity contribution in [3.8, 4) is 12.1 Å². The highest BCUT2D eigenvalue weighted by Crippen LogP contribution is 1.97. The van der Waals surface area contributed by atoms with Crippen LogP contribution < -0.4 is 12.4 Å². The molecule has 0 aromatic carbocycles. The molecule has 0 bridgehead atoms. The molecule has 0 fully saturated rings. The van der Waals surface area contributed by atoms with Crippen molar-refractivity contribution in [1.82, 2.24) is 4.90 Å². The minimum Gasteiger partial charge on any atom is -1.00 e. The second kappa shape index (κ2) is 18.4. The largest absolute Gasteiger partial charge is 1.00 e. The first-order valence-corrected chi connectivity index (χ1v) is 7.11. The van der Waals surface area contributed by atoms with Gasteiger partial charge in [-0.2, -0.15) is 10.5 Å². The SMILES string of the molecule is CN(C)C.C[N+](C)(C)CC(O)CC#N.N#CCC(O)CCl.[Cl-]. The number of aliphatic hydroxyl groups excluding tert-OH is 2. The van der Waals surface area contributed by atoms with Gasteiger partial charge >= 0.3 is 0 Å². The lowest BCUT2D eigenvalue weighted by molar-refractivity contribution is -0.873. The molecule has 0 spiro atoms. The Balaban J connectivity index is -0.000000118. The molecule has 0 saturated carbocycles. The fourth-order valence-electron chi connectivity index (χ4n) is 0.962. The summed E-state index contributed by atoms with van der Waals surface area (Å²) < 4.78 is 0.697. The van der Waals surface area contributed by atoms with E-state index in [1.165, 1.54) is 0 Å². The molecule has 0 aliphatic heterocycles. The summed E-state index contributed by atoms with van der Waals surface area (Å²) in [6.07, 6.45) is -0.768. The van der Waals surface area contributed by atoms with Crippen LogP contribution >= 0.6 is 11.6 Å². The number of alkyl halides is 1. The second-order valence-electron chi connectivity index (χ2n) is 6.00. The van der Waals surface area contributed by atoms with Crippen molar-refractivity contribution in [3.63, 3.8) is 0 Å². The van der Waals surface area contributed by atoms with E-state index in [1.807, 2.05) is 53.3 Å². The summed E-state index contributed by atoms with van der Waals surface area (Å²) in [7, 11) is 12.0. The number of likely N-dealkylation sites (N-methyl/N-ethyl adjacent to an activating group) is 1. The minimum atomic E-state index is -0.647. The smallest absolute Gasteiger partial charge is 0.116 e. The van der Waals surface area contributed by atoms with Gasteiger partial charge in [-0.1, -0.05) is 0 Å². The van der Waals surface area contributed by atoms with E-state index in [-0.39, 0.29) is 31.1 Å². The first-order valence-electron chi connectivity index (χ1n) is 6.57. The normalized spacial score (nSPS) is 12.2. The molecule has 0 aliphatic rings. The van der Waals surface area contributed by atoms with Crippen LogP contribution in [0.4, 0.5) is 0 Å². The molecule has 0 aromatic heterocycles. The van der Waals surface area contributed by atoms with Crippen LogP contribution in [-0.2, 0) is 0 Å². The summed E-state index contributed by atoms with van der Waals surface area (Å²) in [6, 6.07) is 3.71. The summed E-state index contributed by atoms with van der Waals surface area (Å²) in [5.41, 5.74) is 0. The third-order valence-corrected chi connectivity index (χ3v) is 1.95. The average molecular weight is 357 g/mol. The Labute approximate surface area is 146 Å². The molecule has 2 N–H and O–H groups in total. The number of halogens is 2. The molecule has 6 nitrogen and oxygen atoms in total. The van der Waals surface area contributed by atoms with Gasteiger partial charge in [-0.15, -0.1) is 11.6 Å². The highest BCUT2D eigenvalue weighted by molar-refractivity contribution is 6.18. The average Bonchev–Trinajstić information content (AvgIpc) is 2.27. The fraction of sp³-hybridized carbons (Fsp3) is 0.857. The third kappa shape index (κ3) is 42.7. The van der Waals surface area contributed by atoms with Gasteiger partial charge in [0.2, 0.25) is 0 Å². The molecule has 2 atom stereocenters. The standard InChI is InChI=1S/C7H15N2O.C4H6ClNO.C3H9N.ClH/c1-9(2,3)6-7(10)4-5-8;5-3-4(7)1-2-6;1-4(2)3;/h7,10H,4,6H2,1-3H3;4,7H,1,3H2;1-3H3;1H/q+1;;;/p-1. The van der Waals surface area contributed by atoms with Crippen LogP contribution in [0.15, 0.2) is 0 Å². The lowest BCUT2D eigenvalue weighted by Gasteiger charge is -2.25. The van der Waals surface area contributed by atoms with E-state index < -0.39 is 12.2 Å². The fourth-order valence-corrected chi connectivity index (χ4v) is 1.07. The van der Waals surface area contributed by atoms with Gasteiger partial charge in [0.05, 0.1) is 52.2 Å². The summed E-state index contributed by atoms with van der Waals surface area (Å²) in [5, 5.41) is 33.8. The molecular formula is C14H30Cl2N4O2. The zero-order valence-corrected chi connectivity index (χ0v) is 15.9. The van der Waals surface area contributed by atoms with E-state index >= 15 is 0 Å². The Morgan fingerprint density at radius 3 is 1.50 bits per heavy atom. The van der Waals surface area contributed by atoms with E-state index in [0.717, 1.165) is 0 Å². The Morgan fingerprint density at radius 2 is 1.32 bits per heavy atom. The van der Waals surface area contributed by atoms with Crippen LogP contribution in [0.1, 0.15) is 12.8 Å². The van der Waals surface area contributed by atoms with Gasteiger partial charge in [-0.05, 0) is 21.1 Å². The highest BCUT2D eigenvalue weighted by atomic mass is 35.5. The lowest BCUT2D eigenvalue weighted by atomic mass is 10.2. The van der Waals surface area contributed by atoms with Crippen LogP contribution in [0.2, 0.25) is 0 Å². The number of hydrogen-bond donors (Lipinski definition) is 2. The quantitative estimate of drug-likeness (QED) is 0.425. The first-order chi connectivity index (χ1) is 9.49. The van der Waals surface area contributed by atoms with Gasteiger partial charge in [0.25, 0.3) is 0 Å². The monoisotopic (exact) mass is 356 g/mol. The first kappa shape index (κ1) is 29.4. The number of nitrogens with zero attached hydrogens (tertiary/aromatic N) is 4. The van der Waals surface area contributed by atoms with Crippen LogP contribution in [0.5, 0.6) is 0 Å². The van der Waals surface area contributed by atoms with Crippen LogP contribution in [0, 0.1) is 22.7 Å². The highest BCUT2D eigenvalue weighted by Gasteiger charge is 2.14. The molecule has 0 heterocycles. The predicted molar refractivity (Wildman–Crippen MR) is 85.7 cm³/mol. The minimum absolute atomic E-state index is 0. The van der Waals surface area contributed by atoms with Gasteiger partial charge in [0.1, 0.15) is 12.6 Å². The zero-order chi connectivity index (χ0) is 17.5. The number of rotatable bonds is 5. The molecule has 0 rings (SSSR count). The van der Waals surface area contributed by atoms with Crippen molar-refractivity contribution in [1.29, 1.82) is 10.5 Å². The molecule has 2 unspecified atom stereocenters. The van der Waals surface area contributed by atoms with E-state index in [2.05, 4.69) is 0 Å². The summed E-state index contributed by atoms with van der Waals surface area (Å²) in [5.74, 6) is 0.146. The Kier molecular flexibility index (Phi) is 24.7. The molecule has 8 heteroatoms. The number of aliphatic hydroxyl groups is 2. The summed E-state index contributed by atoms with van der Waals surface area (Å²) >= 11 is 5.13. The van der Waals surface area contributed by atoms with Crippen molar-refractivity contribution in [3.05, 3.63) is 0 Å². The van der Waals surface area contributed by atoms with Gasteiger partial charge in [-0.25, -0.2) is 0 Å². The van der Waals surface area contributed by atoms with Crippen molar-refractivity contribution >= 4 is 11.6 Å². The van der Waals surface area contributed by atoms with E-state index in [0.29, 0.717) is 11.0 Å². The maximum absolute atomic E-state index is 9.15. The number of nitriles is 2. The molecule has 132 valence electrons. The third-order valence-electron chi connectivity index (χ3n) is 1.59. The number of hydrogen-bond acceptors (Lipinski definition) is 5. The maximum atomic E-state index is 9.15. The van der Waals surface area contributed by atoms with Crippen LogP contribution in [-0.4, -0.2) is 86.5 Å². The van der Waals surface area contributed by atoms with Gasteiger partial charge < -0.3 is 32.0 Å². The molecule has 0 saturated heterocycles. The van der Waals surface area contributed by atoms with Crippen LogP contribution in [0.25, 0.3) is 0 Å². The van der Waals surface area contributed by atoms with E-state index in [4.69, 9.17) is 32.3 Å². The Hall–Kier alpha value is -0.600. The molecule has 0 aliphatic carbocycles. The molecule has 0 radical (unpaired) electrons. The second-order valence-corrected chi connectivity index (χ2v) is 6.31. The van der Waals surface area contributed by atoms with Gasteiger partial charge in [0.15, 0.2) is 0 Å². The summed E-state index contributed by atoms with van der Waals surface area (Å²) in [4.78, 5) is 2.00. The van der Waals surface area contributed by atoms with Crippen molar-refractivity contribution < 1.29 is 27.1 Å². The van der Waals surface area contributed by atoms with Crippen LogP contribution in [0.3, 0.4) is 0 Å². The Bertz CT molecular complexity index is 307. The molecule has 22 heavy (non-hydrogen) atoms. The molecular weight excluding hydrogens is 327 g/mol. The van der Waals surface area contributed by atoms with Crippen molar-refractivity contribution in [2.75, 3.05) is 54.7 Å². The maximum Gasteiger partial charge on any atom is 0.116 e. The predicted octanol–water partition coefficient (Wildman–Crippen LogP) is -2.35. The van der Waals surface area contributed by atoms with Crippen molar-refractivity contribution in [2.24, 2.45) is 0 Å². The zero-order valence-electron chi connectivity index (χ0n) is 14.4. The van der Waals surface area contributed by atoms with Gasteiger partial charge in [-0.3, -0.25) is 0 Å². The summed E-state index contributed by atoms with van der Waals surface area (Å²) in [6.45, 7) is 0.633. The number of quaternary nitrogens is 1. The molecule has 0 aromatic rings. The van der Waals surface area contributed by atoms with E-state index in [9.17, 15) is 0 Å².